The van der Waals surface area contributed by atoms with Crippen LogP contribution in [0.15, 0.2) is 48.5 Å². The van der Waals surface area contributed by atoms with Crippen LogP contribution in [0.5, 0.6) is 5.75 Å². The molecule has 1 saturated carbocycles. The van der Waals surface area contributed by atoms with Crippen LogP contribution in [-0.2, 0) is 16.1 Å². The lowest BCUT2D eigenvalue weighted by atomic mass is 9.72. The molecule has 38 heavy (non-hydrogen) atoms. The molecule has 2 N–H and O–H groups in total. The number of carbonyl (C=O) groups excluding carboxylic acids is 2. The SMILES string of the molecule is CC(C)(C)NC(=O)O[C@H]1CCN(C(=O)C(c2ccc(OCc3ccccc3)c(Cl)c2)C2(O)CCCCC2)C1. The molecule has 4 rings (SSSR count). The van der Waals surface area contributed by atoms with Gasteiger partial charge in [-0.15, -0.1) is 0 Å². The van der Waals surface area contributed by atoms with Gasteiger partial charge < -0.3 is 24.8 Å². The Bertz CT molecular complexity index is 1110. The minimum Gasteiger partial charge on any atom is -0.487 e. The quantitative estimate of drug-likeness (QED) is 0.460. The molecular weight excluding hydrogens is 504 g/mol. The molecule has 0 radical (unpaired) electrons. The Kier molecular flexibility index (Phi) is 8.89. The lowest BCUT2D eigenvalue weighted by Crippen LogP contribution is -2.48. The number of likely N-dealkylation sites (tertiary alicyclic amines) is 1. The molecule has 2 atom stereocenters. The number of nitrogens with zero attached hydrogens (tertiary/aromatic N) is 1. The van der Waals surface area contributed by atoms with Gasteiger partial charge in [0.15, 0.2) is 0 Å². The summed E-state index contributed by atoms with van der Waals surface area (Å²) in [6.07, 6.45) is 3.55. The number of hydrogen-bond donors (Lipinski definition) is 2. The van der Waals surface area contributed by atoms with Crippen molar-refractivity contribution in [2.75, 3.05) is 13.1 Å². The first-order chi connectivity index (χ1) is 18.0. The standard InChI is InChI=1S/C30H39ClN2O5/c1-29(2,3)32-28(35)38-23-14-17-33(19-23)27(34)26(30(36)15-8-5-9-16-30)22-12-13-25(24(31)18-22)37-20-21-10-6-4-7-11-21/h4,6-7,10-13,18,23,26,36H,5,8-9,14-17,19-20H2,1-3H3,(H,32,35)/t23-,26?/m0/s1. The first kappa shape index (κ1) is 28.2. The summed E-state index contributed by atoms with van der Waals surface area (Å²) in [6.45, 7) is 6.80. The van der Waals surface area contributed by atoms with E-state index in [4.69, 9.17) is 21.1 Å². The van der Waals surface area contributed by atoms with Crippen molar-refractivity contribution in [1.29, 1.82) is 0 Å². The second-order valence-electron chi connectivity index (χ2n) is 11.5. The van der Waals surface area contributed by atoms with Crippen LogP contribution in [0.4, 0.5) is 4.79 Å². The number of benzene rings is 2. The van der Waals surface area contributed by atoms with Gasteiger partial charge in [0.05, 0.1) is 23.1 Å². The smallest absolute Gasteiger partial charge is 0.407 e. The topological polar surface area (TPSA) is 88.1 Å². The molecule has 0 bridgehead atoms. The first-order valence-electron chi connectivity index (χ1n) is 13.5. The van der Waals surface area contributed by atoms with E-state index in [1.165, 1.54) is 0 Å². The normalized spacial score (nSPS) is 20.0. The largest absolute Gasteiger partial charge is 0.487 e. The van der Waals surface area contributed by atoms with Gasteiger partial charge in [0.25, 0.3) is 0 Å². The van der Waals surface area contributed by atoms with Gasteiger partial charge in [0.2, 0.25) is 5.91 Å². The van der Waals surface area contributed by atoms with Gasteiger partial charge >= 0.3 is 6.09 Å². The highest BCUT2D eigenvalue weighted by Gasteiger charge is 2.46. The summed E-state index contributed by atoms with van der Waals surface area (Å²) in [4.78, 5) is 27.9. The summed E-state index contributed by atoms with van der Waals surface area (Å²) >= 11 is 6.63. The molecule has 1 saturated heterocycles. The van der Waals surface area contributed by atoms with E-state index in [-0.39, 0.29) is 12.0 Å². The highest BCUT2D eigenvalue weighted by Crippen LogP contribution is 2.43. The molecule has 1 unspecified atom stereocenters. The maximum atomic E-state index is 14.0. The third kappa shape index (κ3) is 7.20. The Balaban J connectivity index is 1.50. The number of carbonyl (C=O) groups is 2. The van der Waals surface area contributed by atoms with Crippen LogP contribution in [0.25, 0.3) is 0 Å². The molecule has 2 fully saturated rings. The van der Waals surface area contributed by atoms with Crippen LogP contribution < -0.4 is 10.1 Å². The molecule has 2 aromatic rings. The number of halogens is 1. The zero-order valence-corrected chi connectivity index (χ0v) is 23.3. The molecule has 2 aliphatic rings. The van der Waals surface area contributed by atoms with Gasteiger partial charge in [-0.3, -0.25) is 4.79 Å². The van der Waals surface area contributed by atoms with E-state index in [2.05, 4.69) is 5.32 Å². The van der Waals surface area contributed by atoms with Crippen molar-refractivity contribution >= 4 is 23.6 Å². The maximum absolute atomic E-state index is 14.0. The van der Waals surface area contributed by atoms with E-state index in [1.54, 1.807) is 17.0 Å². The van der Waals surface area contributed by atoms with Crippen molar-refractivity contribution in [1.82, 2.24) is 10.2 Å². The Morgan fingerprint density at radius 3 is 2.50 bits per heavy atom. The molecular formula is C30H39ClN2O5. The van der Waals surface area contributed by atoms with Crippen molar-refractivity contribution in [3.8, 4) is 5.75 Å². The number of aliphatic hydroxyl groups is 1. The fraction of sp³-hybridized carbons (Fsp3) is 0.533. The summed E-state index contributed by atoms with van der Waals surface area (Å²) < 4.78 is 11.5. The van der Waals surface area contributed by atoms with Crippen molar-refractivity contribution in [2.45, 2.75) is 89.1 Å². The molecule has 1 aliphatic carbocycles. The van der Waals surface area contributed by atoms with E-state index < -0.39 is 23.2 Å². The lowest BCUT2D eigenvalue weighted by Gasteiger charge is -2.40. The molecule has 0 spiro atoms. The van der Waals surface area contributed by atoms with Crippen molar-refractivity contribution in [3.05, 3.63) is 64.7 Å². The minimum absolute atomic E-state index is 0.161. The Morgan fingerprint density at radius 1 is 1.13 bits per heavy atom. The third-order valence-electron chi connectivity index (χ3n) is 7.24. The Hall–Kier alpha value is -2.77. The van der Waals surface area contributed by atoms with Crippen LogP contribution in [0.2, 0.25) is 5.02 Å². The van der Waals surface area contributed by atoms with Crippen LogP contribution in [0.3, 0.4) is 0 Å². The molecule has 1 aliphatic heterocycles. The molecule has 1 heterocycles. The summed E-state index contributed by atoms with van der Waals surface area (Å²) in [7, 11) is 0. The number of nitrogens with one attached hydrogen (secondary N) is 1. The van der Waals surface area contributed by atoms with E-state index >= 15 is 0 Å². The van der Waals surface area contributed by atoms with E-state index in [9.17, 15) is 14.7 Å². The predicted molar refractivity (Wildman–Crippen MR) is 147 cm³/mol. The van der Waals surface area contributed by atoms with Crippen LogP contribution >= 0.6 is 11.6 Å². The van der Waals surface area contributed by atoms with Crippen molar-refractivity contribution in [2.24, 2.45) is 0 Å². The first-order valence-corrected chi connectivity index (χ1v) is 13.9. The average molecular weight is 543 g/mol. The predicted octanol–water partition coefficient (Wildman–Crippen LogP) is 5.82. The Labute approximate surface area is 230 Å². The fourth-order valence-electron chi connectivity index (χ4n) is 5.38. The molecule has 2 amide bonds. The molecule has 7 nitrogen and oxygen atoms in total. The van der Waals surface area contributed by atoms with E-state index in [0.29, 0.717) is 55.3 Å². The zero-order valence-electron chi connectivity index (χ0n) is 22.5. The molecule has 2 aromatic carbocycles. The lowest BCUT2D eigenvalue weighted by molar-refractivity contribution is -0.141. The van der Waals surface area contributed by atoms with Crippen molar-refractivity contribution < 1.29 is 24.2 Å². The number of ether oxygens (including phenoxy) is 2. The van der Waals surface area contributed by atoms with Gasteiger partial charge in [0, 0.05) is 18.5 Å². The minimum atomic E-state index is -1.16. The van der Waals surface area contributed by atoms with Gasteiger partial charge in [-0.05, 0) is 56.9 Å². The number of hydrogen-bond acceptors (Lipinski definition) is 5. The van der Waals surface area contributed by atoms with Crippen molar-refractivity contribution in [3.63, 3.8) is 0 Å². The molecule has 206 valence electrons. The second-order valence-corrected chi connectivity index (χ2v) is 11.9. The van der Waals surface area contributed by atoms with Gasteiger partial charge in [-0.1, -0.05) is 67.3 Å². The highest BCUT2D eigenvalue weighted by atomic mass is 35.5. The van der Waals surface area contributed by atoms with Crippen LogP contribution in [0, 0.1) is 0 Å². The van der Waals surface area contributed by atoms with Gasteiger partial charge in [0.1, 0.15) is 18.5 Å². The summed E-state index contributed by atoms with van der Waals surface area (Å²) in [6, 6.07) is 15.2. The second kappa shape index (κ2) is 12.0. The number of amides is 2. The average Bonchev–Trinajstić information content (AvgIpc) is 3.32. The monoisotopic (exact) mass is 542 g/mol. The van der Waals surface area contributed by atoms with Crippen LogP contribution in [0.1, 0.15) is 76.3 Å². The van der Waals surface area contributed by atoms with E-state index in [0.717, 1.165) is 24.8 Å². The van der Waals surface area contributed by atoms with Crippen LogP contribution in [-0.4, -0.2) is 52.3 Å². The third-order valence-corrected chi connectivity index (χ3v) is 7.53. The fourth-order valence-corrected chi connectivity index (χ4v) is 5.62. The summed E-state index contributed by atoms with van der Waals surface area (Å²) in [5.74, 6) is -0.392. The Morgan fingerprint density at radius 2 is 1.84 bits per heavy atom. The van der Waals surface area contributed by atoms with E-state index in [1.807, 2.05) is 57.2 Å². The zero-order chi connectivity index (χ0) is 27.3. The highest BCUT2D eigenvalue weighted by molar-refractivity contribution is 6.32. The van der Waals surface area contributed by atoms with Gasteiger partial charge in [-0.25, -0.2) is 4.79 Å². The maximum Gasteiger partial charge on any atom is 0.407 e. The summed E-state index contributed by atoms with van der Waals surface area (Å²) in [5, 5.41) is 14.9. The molecule has 0 aromatic heterocycles. The number of rotatable bonds is 7. The van der Waals surface area contributed by atoms with Gasteiger partial charge in [-0.2, -0.15) is 0 Å². The number of alkyl carbamates (subject to hydrolysis) is 1. The molecule has 8 heteroatoms. The summed E-state index contributed by atoms with van der Waals surface area (Å²) in [5.41, 5.74) is 0.134.